The van der Waals surface area contributed by atoms with Crippen LogP contribution in [0.5, 0.6) is 5.75 Å². The topological polar surface area (TPSA) is 26.3 Å². The maximum absolute atomic E-state index is 13.8. The molecule has 1 aromatic rings. The third-order valence-electron chi connectivity index (χ3n) is 4.47. The lowest BCUT2D eigenvalue weighted by molar-refractivity contribution is -0.156. The maximum atomic E-state index is 13.8. The minimum Gasteiger partial charge on any atom is -0.486 e. The normalized spacial score (nSPS) is 25.2. The number of ketones is 1. The summed E-state index contributed by atoms with van der Waals surface area (Å²) in [6, 6.07) is 4.72. The highest BCUT2D eigenvalue weighted by Crippen LogP contribution is 2.50. The van der Waals surface area contributed by atoms with Crippen LogP contribution in [-0.4, -0.2) is 11.9 Å². The monoisotopic (exact) mass is 282 g/mol. The van der Waals surface area contributed by atoms with Crippen molar-refractivity contribution in [3.8, 4) is 5.75 Å². The Bertz CT molecular complexity index is 509. The van der Waals surface area contributed by atoms with Crippen molar-refractivity contribution in [1.82, 2.24) is 0 Å². The van der Waals surface area contributed by atoms with Gasteiger partial charge in [0.15, 0.2) is 11.6 Å². The first-order valence-electron chi connectivity index (χ1n) is 6.77. The molecule has 2 nitrogen and oxygen atoms in total. The zero-order chi connectivity index (χ0) is 13.5. The predicted molar refractivity (Wildman–Crippen MR) is 71.0 cm³/mol. The SMILES string of the molecule is O=C1CC(Oc2cccc(Cl)c2F)C12CCCCC2. The van der Waals surface area contributed by atoms with Crippen LogP contribution < -0.4 is 4.74 Å². The molecule has 0 aromatic heterocycles. The molecule has 0 amide bonds. The Morgan fingerprint density at radius 3 is 2.68 bits per heavy atom. The van der Waals surface area contributed by atoms with Gasteiger partial charge in [-0.1, -0.05) is 36.9 Å². The number of benzene rings is 1. The summed E-state index contributed by atoms with van der Waals surface area (Å²) < 4.78 is 19.6. The van der Waals surface area contributed by atoms with Crippen molar-refractivity contribution < 1.29 is 13.9 Å². The van der Waals surface area contributed by atoms with Crippen LogP contribution in [0.3, 0.4) is 0 Å². The second-order valence-electron chi connectivity index (χ2n) is 5.50. The molecular formula is C15H16ClFO2. The summed E-state index contributed by atoms with van der Waals surface area (Å²) in [5.41, 5.74) is -0.354. The van der Waals surface area contributed by atoms with Gasteiger partial charge in [-0.15, -0.1) is 0 Å². The molecule has 3 rings (SSSR count). The average molecular weight is 283 g/mol. The Balaban J connectivity index is 1.80. The van der Waals surface area contributed by atoms with Gasteiger partial charge in [0.1, 0.15) is 11.9 Å². The average Bonchev–Trinajstić information content (AvgIpc) is 2.44. The molecule has 1 aromatic carbocycles. The Hall–Kier alpha value is -1.09. The van der Waals surface area contributed by atoms with E-state index in [0.29, 0.717) is 6.42 Å². The summed E-state index contributed by atoms with van der Waals surface area (Å²) in [5.74, 6) is -0.0935. The summed E-state index contributed by atoms with van der Waals surface area (Å²) in [6.07, 6.45) is 5.25. The molecule has 4 heteroatoms. The van der Waals surface area contributed by atoms with Crippen molar-refractivity contribution in [3.05, 3.63) is 29.0 Å². The molecule has 0 heterocycles. The Labute approximate surface area is 116 Å². The summed E-state index contributed by atoms with van der Waals surface area (Å²) in [5, 5.41) is 0.0563. The van der Waals surface area contributed by atoms with Crippen LogP contribution >= 0.6 is 11.6 Å². The van der Waals surface area contributed by atoms with Crippen molar-refractivity contribution in [2.45, 2.75) is 44.6 Å². The van der Waals surface area contributed by atoms with E-state index in [4.69, 9.17) is 16.3 Å². The second kappa shape index (κ2) is 4.78. The highest BCUT2D eigenvalue weighted by atomic mass is 35.5. The van der Waals surface area contributed by atoms with Gasteiger partial charge in [-0.25, -0.2) is 4.39 Å². The summed E-state index contributed by atoms with van der Waals surface area (Å²) in [6.45, 7) is 0. The summed E-state index contributed by atoms with van der Waals surface area (Å²) >= 11 is 5.74. The molecular weight excluding hydrogens is 267 g/mol. The van der Waals surface area contributed by atoms with E-state index in [1.165, 1.54) is 12.5 Å². The highest BCUT2D eigenvalue weighted by Gasteiger charge is 2.56. The first-order chi connectivity index (χ1) is 9.13. The molecule has 1 unspecified atom stereocenters. The predicted octanol–water partition coefficient (Wildman–Crippen LogP) is 4.15. The number of carbonyl (C=O) groups is 1. The van der Waals surface area contributed by atoms with E-state index in [-0.39, 0.29) is 28.1 Å². The van der Waals surface area contributed by atoms with E-state index in [1.54, 1.807) is 12.1 Å². The number of Topliss-reactive ketones (excluding diaryl/α,β-unsaturated/α-hetero) is 1. The molecule has 2 saturated carbocycles. The summed E-state index contributed by atoms with van der Waals surface area (Å²) in [7, 11) is 0. The van der Waals surface area contributed by atoms with Crippen molar-refractivity contribution in [1.29, 1.82) is 0 Å². The number of carbonyl (C=O) groups excluding carboxylic acids is 1. The molecule has 102 valence electrons. The minimum atomic E-state index is -0.533. The number of hydrogen-bond donors (Lipinski definition) is 0. The molecule has 0 bridgehead atoms. The van der Waals surface area contributed by atoms with Gasteiger partial charge in [0, 0.05) is 6.42 Å². The van der Waals surface area contributed by atoms with Gasteiger partial charge >= 0.3 is 0 Å². The lowest BCUT2D eigenvalue weighted by Crippen LogP contribution is -2.57. The van der Waals surface area contributed by atoms with E-state index < -0.39 is 5.82 Å². The lowest BCUT2D eigenvalue weighted by Gasteiger charge is -2.49. The Kier molecular flexibility index (Phi) is 3.25. The van der Waals surface area contributed by atoms with Gasteiger partial charge in [-0.3, -0.25) is 4.79 Å². The van der Waals surface area contributed by atoms with E-state index in [0.717, 1.165) is 25.7 Å². The van der Waals surface area contributed by atoms with Gasteiger partial charge in [0.25, 0.3) is 0 Å². The molecule has 2 aliphatic rings. The van der Waals surface area contributed by atoms with E-state index >= 15 is 0 Å². The fourth-order valence-corrected chi connectivity index (χ4v) is 3.45. The quantitative estimate of drug-likeness (QED) is 0.814. The van der Waals surface area contributed by atoms with Crippen LogP contribution in [-0.2, 0) is 4.79 Å². The highest BCUT2D eigenvalue weighted by molar-refractivity contribution is 6.30. The fourth-order valence-electron chi connectivity index (χ4n) is 3.28. The second-order valence-corrected chi connectivity index (χ2v) is 5.91. The van der Waals surface area contributed by atoms with Crippen molar-refractivity contribution in [2.75, 3.05) is 0 Å². The first-order valence-corrected chi connectivity index (χ1v) is 7.15. The molecule has 0 aliphatic heterocycles. The zero-order valence-corrected chi connectivity index (χ0v) is 11.4. The fraction of sp³-hybridized carbons (Fsp3) is 0.533. The van der Waals surface area contributed by atoms with Crippen molar-refractivity contribution in [3.63, 3.8) is 0 Å². The molecule has 1 atom stereocenters. The smallest absolute Gasteiger partial charge is 0.183 e. The molecule has 2 aliphatic carbocycles. The first kappa shape index (κ1) is 12.9. The van der Waals surface area contributed by atoms with E-state index in [9.17, 15) is 9.18 Å². The van der Waals surface area contributed by atoms with E-state index in [1.807, 2.05) is 0 Å². The van der Waals surface area contributed by atoms with Crippen LogP contribution in [0, 0.1) is 11.2 Å². The molecule has 0 N–H and O–H groups in total. The van der Waals surface area contributed by atoms with Crippen LogP contribution in [0.1, 0.15) is 38.5 Å². The molecule has 2 fully saturated rings. The van der Waals surface area contributed by atoms with Gasteiger partial charge in [-0.05, 0) is 25.0 Å². The third-order valence-corrected chi connectivity index (χ3v) is 4.77. The number of ether oxygens (including phenoxy) is 1. The number of hydrogen-bond acceptors (Lipinski definition) is 2. The summed E-state index contributed by atoms with van der Waals surface area (Å²) in [4.78, 5) is 12.0. The maximum Gasteiger partial charge on any atom is 0.183 e. The number of rotatable bonds is 2. The van der Waals surface area contributed by atoms with Crippen molar-refractivity contribution >= 4 is 17.4 Å². The van der Waals surface area contributed by atoms with Crippen LogP contribution in [0.4, 0.5) is 4.39 Å². The molecule has 0 radical (unpaired) electrons. The van der Waals surface area contributed by atoms with Crippen LogP contribution in [0.15, 0.2) is 18.2 Å². The van der Waals surface area contributed by atoms with Gasteiger partial charge in [-0.2, -0.15) is 0 Å². The van der Waals surface area contributed by atoms with E-state index in [2.05, 4.69) is 0 Å². The molecule has 0 saturated heterocycles. The lowest BCUT2D eigenvalue weighted by atomic mass is 9.57. The zero-order valence-electron chi connectivity index (χ0n) is 10.6. The number of halogens is 2. The van der Waals surface area contributed by atoms with Gasteiger partial charge in [0.2, 0.25) is 0 Å². The molecule has 1 spiro atoms. The van der Waals surface area contributed by atoms with Crippen molar-refractivity contribution in [2.24, 2.45) is 5.41 Å². The third kappa shape index (κ3) is 2.04. The van der Waals surface area contributed by atoms with Crippen LogP contribution in [0.2, 0.25) is 5.02 Å². The van der Waals surface area contributed by atoms with Gasteiger partial charge < -0.3 is 4.74 Å². The van der Waals surface area contributed by atoms with Gasteiger partial charge in [0.05, 0.1) is 10.4 Å². The Morgan fingerprint density at radius 1 is 1.26 bits per heavy atom. The Morgan fingerprint density at radius 2 is 2.00 bits per heavy atom. The minimum absolute atomic E-state index is 0.0563. The molecule has 19 heavy (non-hydrogen) atoms. The van der Waals surface area contributed by atoms with Crippen LogP contribution in [0.25, 0.3) is 0 Å². The largest absolute Gasteiger partial charge is 0.486 e. The standard InChI is InChI=1S/C15H16ClFO2/c16-10-5-4-6-11(14(10)17)19-13-9-12(18)15(13)7-2-1-3-8-15/h4-6,13H,1-3,7-9H2.